The highest BCUT2D eigenvalue weighted by molar-refractivity contribution is 6.10. The number of ketones is 1. The van der Waals surface area contributed by atoms with Gasteiger partial charge in [0.25, 0.3) is 0 Å². The average Bonchev–Trinajstić information content (AvgIpc) is 3.36. The van der Waals surface area contributed by atoms with Crippen molar-refractivity contribution in [3.8, 4) is 0 Å². The Bertz CT molecular complexity index is 1950. The van der Waals surface area contributed by atoms with Gasteiger partial charge in [-0.05, 0) is 116 Å². The lowest BCUT2D eigenvalue weighted by Gasteiger charge is -2.46. The van der Waals surface area contributed by atoms with Crippen molar-refractivity contribution >= 4 is 22.6 Å². The molecule has 7 rings (SSSR count). The largest absolute Gasteiger partial charge is 0.450 e. The summed E-state index contributed by atoms with van der Waals surface area (Å²) in [6.45, 7) is 6.29. The van der Waals surface area contributed by atoms with E-state index in [2.05, 4.69) is 13.0 Å². The van der Waals surface area contributed by atoms with Crippen molar-refractivity contribution in [3.05, 3.63) is 130 Å². The van der Waals surface area contributed by atoms with Gasteiger partial charge in [-0.3, -0.25) is 4.79 Å². The number of aliphatic hydroxyl groups excluding tert-OH is 1. The molecule has 0 spiro atoms. The van der Waals surface area contributed by atoms with Crippen LogP contribution >= 0.6 is 0 Å². The van der Waals surface area contributed by atoms with Gasteiger partial charge >= 0.3 is 6.09 Å². The van der Waals surface area contributed by atoms with Crippen LogP contribution in [0, 0.1) is 17.0 Å². The minimum atomic E-state index is -1.37. The zero-order chi connectivity index (χ0) is 36.3. The van der Waals surface area contributed by atoms with Crippen molar-refractivity contribution in [1.82, 2.24) is 4.90 Å². The van der Waals surface area contributed by atoms with Crippen LogP contribution in [0.1, 0.15) is 97.8 Å². The first kappa shape index (κ1) is 36.4. The number of aliphatic hydroxyl groups is 2. The maximum Gasteiger partial charge on any atom is 0.410 e. The lowest BCUT2D eigenvalue weighted by Crippen LogP contribution is -2.53. The molecule has 2 N–H and O–H groups in total. The third-order valence-corrected chi connectivity index (χ3v) is 11.3. The van der Waals surface area contributed by atoms with E-state index in [1.165, 1.54) is 6.07 Å². The van der Waals surface area contributed by atoms with E-state index >= 15 is 0 Å². The van der Waals surface area contributed by atoms with Crippen molar-refractivity contribution in [2.75, 3.05) is 13.2 Å². The van der Waals surface area contributed by atoms with Gasteiger partial charge < -0.3 is 19.8 Å². The van der Waals surface area contributed by atoms with Gasteiger partial charge in [-0.1, -0.05) is 73.2 Å². The number of halogens is 2. The molecule has 51 heavy (non-hydrogen) atoms. The molecule has 0 unspecified atom stereocenters. The predicted molar refractivity (Wildman–Crippen MR) is 195 cm³/mol. The third-order valence-electron chi connectivity index (χ3n) is 11.3. The molecule has 8 heteroatoms. The number of fused-ring (bicyclic) bond motifs is 9. The lowest BCUT2D eigenvalue weighted by atomic mass is 9.64. The molecule has 0 aliphatic heterocycles. The zero-order valence-electron chi connectivity index (χ0n) is 29.6. The van der Waals surface area contributed by atoms with Crippen LogP contribution in [0.2, 0.25) is 0 Å². The second-order valence-electron chi connectivity index (χ2n) is 14.6. The van der Waals surface area contributed by atoms with Crippen LogP contribution in [-0.4, -0.2) is 51.8 Å². The summed E-state index contributed by atoms with van der Waals surface area (Å²) in [6, 6.07) is 22.7. The van der Waals surface area contributed by atoms with Gasteiger partial charge in [0.2, 0.25) is 0 Å². The molecule has 1 saturated carbocycles. The number of carbonyl (C=O) groups excluding carboxylic acids is 2. The highest BCUT2D eigenvalue weighted by Crippen LogP contribution is 2.59. The number of hydrogen-bond donors (Lipinski definition) is 2. The quantitative estimate of drug-likeness (QED) is 0.149. The van der Waals surface area contributed by atoms with Crippen LogP contribution in [0.5, 0.6) is 0 Å². The van der Waals surface area contributed by atoms with Crippen molar-refractivity contribution in [1.29, 1.82) is 0 Å². The van der Waals surface area contributed by atoms with E-state index in [9.17, 15) is 28.6 Å². The Balaban J connectivity index is 1.44. The predicted octanol–water partition coefficient (Wildman–Crippen LogP) is 9.05. The van der Waals surface area contributed by atoms with Crippen LogP contribution < -0.4 is 0 Å². The van der Waals surface area contributed by atoms with Crippen molar-refractivity contribution < 1.29 is 33.3 Å². The Hall–Kier alpha value is -4.40. The van der Waals surface area contributed by atoms with Crippen LogP contribution in [0.4, 0.5) is 13.6 Å². The molecule has 6 nitrogen and oxygen atoms in total. The summed E-state index contributed by atoms with van der Waals surface area (Å²) in [6.07, 6.45) is 4.69. The fourth-order valence-electron chi connectivity index (χ4n) is 8.34. The summed E-state index contributed by atoms with van der Waals surface area (Å²) >= 11 is 0. The van der Waals surface area contributed by atoms with Crippen molar-refractivity contribution in [2.24, 2.45) is 5.41 Å². The second kappa shape index (κ2) is 15.1. The van der Waals surface area contributed by atoms with E-state index in [4.69, 9.17) is 4.74 Å². The van der Waals surface area contributed by atoms with Gasteiger partial charge in [0.1, 0.15) is 0 Å². The number of nitrogens with zero attached hydrogens (tertiary/aromatic N) is 1. The number of ether oxygens (including phenoxy) is 1. The average molecular weight is 696 g/mol. The summed E-state index contributed by atoms with van der Waals surface area (Å²) in [7, 11) is 0. The molecule has 4 aromatic carbocycles. The molecule has 2 bridgehead atoms. The number of carbonyl (C=O) groups is 2. The first-order valence-electron chi connectivity index (χ1n) is 18.0. The highest BCUT2D eigenvalue weighted by atomic mass is 19.2. The van der Waals surface area contributed by atoms with Crippen molar-refractivity contribution in [2.45, 2.75) is 89.9 Å². The van der Waals surface area contributed by atoms with Crippen LogP contribution in [0.15, 0.2) is 90.5 Å². The molecular formula is C43H47F2NO5. The Morgan fingerprint density at radius 3 is 2.53 bits per heavy atom. The fraction of sp³-hybridized carbons (Fsp3) is 0.395. The standard InChI is InChI=1S/C43H47F2NO5/c1-4-51-41(49)46(26-32-12-7-11-30-10-5-6-13-34(30)32)27-43(50)22-20-37-35-18-15-29(23-33(47)17-14-28(2)9-8-21-42(37,43)3)24-36(35)40(48)31-16-19-38(44)39(45)25-31/h5-7,9-13,15-16,18-19,24-25,33,37,47,50H,4,8,14,17,20-23,26-27H2,1-3H3/t33-,37-,42-,43+/m0/s1. The summed E-state index contributed by atoms with van der Waals surface area (Å²) < 4.78 is 33.9. The maximum atomic E-state index is 14.4. The molecule has 3 aliphatic rings. The SMILES string of the molecule is CCOC(=O)N(Cc1cccc2ccccc12)C[C@]1(O)CC[C@H]2c3ccc(cc3C(=O)c3ccc(F)c(F)c3)C[C@@H](O)CCC(C)=CCC[C@@]21C. The lowest BCUT2D eigenvalue weighted by molar-refractivity contribution is -0.0820. The Labute approximate surface area is 298 Å². The molecule has 0 aromatic heterocycles. The molecule has 3 aliphatic carbocycles. The minimum absolute atomic E-state index is 0.0154. The van der Waals surface area contributed by atoms with Gasteiger partial charge in [-0.15, -0.1) is 0 Å². The topological polar surface area (TPSA) is 87.1 Å². The fourth-order valence-corrected chi connectivity index (χ4v) is 8.34. The van der Waals surface area contributed by atoms with Gasteiger partial charge in [-0.25, -0.2) is 13.6 Å². The molecule has 0 saturated heterocycles. The van der Waals surface area contributed by atoms with E-state index in [0.717, 1.165) is 39.6 Å². The normalized spacial score (nSPS) is 23.7. The number of rotatable bonds is 7. The second-order valence-corrected chi connectivity index (χ2v) is 14.6. The molecule has 1 amide bonds. The molecule has 4 atom stereocenters. The minimum Gasteiger partial charge on any atom is -0.450 e. The van der Waals surface area contributed by atoms with Gasteiger partial charge in [0.05, 0.1) is 24.9 Å². The number of hydrogen-bond acceptors (Lipinski definition) is 5. The van der Waals surface area contributed by atoms with Crippen LogP contribution in [-0.2, 0) is 17.7 Å². The van der Waals surface area contributed by atoms with E-state index < -0.39 is 40.6 Å². The number of amides is 1. The van der Waals surface area contributed by atoms with Gasteiger partial charge in [0, 0.05) is 23.1 Å². The Morgan fingerprint density at radius 2 is 1.75 bits per heavy atom. The molecule has 1 fully saturated rings. The summed E-state index contributed by atoms with van der Waals surface area (Å²) in [5.74, 6) is -2.91. The van der Waals surface area contributed by atoms with Gasteiger partial charge in [0.15, 0.2) is 17.4 Å². The first-order chi connectivity index (χ1) is 24.4. The molecule has 0 radical (unpaired) electrons. The zero-order valence-corrected chi connectivity index (χ0v) is 29.6. The van der Waals surface area contributed by atoms with Gasteiger partial charge in [-0.2, -0.15) is 0 Å². The molecular weight excluding hydrogens is 648 g/mol. The van der Waals surface area contributed by atoms with E-state index in [0.29, 0.717) is 56.1 Å². The summed E-state index contributed by atoms with van der Waals surface area (Å²) in [5.41, 5.74) is 1.72. The molecule has 268 valence electrons. The Morgan fingerprint density at radius 1 is 0.961 bits per heavy atom. The number of allylic oxidation sites excluding steroid dienone is 2. The van der Waals surface area contributed by atoms with Crippen LogP contribution in [0.3, 0.4) is 0 Å². The number of benzene rings is 4. The van der Waals surface area contributed by atoms with Crippen LogP contribution in [0.25, 0.3) is 10.8 Å². The third kappa shape index (κ3) is 7.49. The highest BCUT2D eigenvalue weighted by Gasteiger charge is 2.57. The first-order valence-corrected chi connectivity index (χ1v) is 18.0. The van der Waals surface area contributed by atoms with E-state index in [-0.39, 0.29) is 31.2 Å². The van der Waals surface area contributed by atoms with E-state index in [1.807, 2.05) is 61.5 Å². The molecule has 4 aromatic rings. The summed E-state index contributed by atoms with van der Waals surface area (Å²) in [4.78, 5) is 29.4. The maximum absolute atomic E-state index is 14.4. The monoisotopic (exact) mass is 695 g/mol. The smallest absolute Gasteiger partial charge is 0.410 e. The summed E-state index contributed by atoms with van der Waals surface area (Å²) in [5, 5.41) is 25.9. The molecule has 0 heterocycles. The van der Waals surface area contributed by atoms with E-state index in [1.54, 1.807) is 17.9 Å². The Kier molecular flexibility index (Phi) is 10.7. The van der Waals surface area contributed by atoms with Crippen molar-refractivity contribution in [3.63, 3.8) is 0 Å².